The molecule has 19 heavy (non-hydrogen) atoms. The van der Waals surface area contributed by atoms with Crippen molar-refractivity contribution in [2.24, 2.45) is 5.73 Å². The van der Waals surface area contributed by atoms with Crippen LogP contribution in [0, 0.1) is 0 Å². The van der Waals surface area contributed by atoms with Crippen molar-refractivity contribution in [3.05, 3.63) is 65.2 Å². The molecule has 100 valence electrons. The van der Waals surface area contributed by atoms with Crippen molar-refractivity contribution in [1.29, 1.82) is 0 Å². The van der Waals surface area contributed by atoms with Gasteiger partial charge in [0, 0.05) is 12.1 Å². The van der Waals surface area contributed by atoms with E-state index in [1.165, 1.54) is 11.1 Å². The highest BCUT2D eigenvalue weighted by Gasteiger charge is 2.02. The van der Waals surface area contributed by atoms with Crippen LogP contribution in [0.4, 0.5) is 0 Å². The van der Waals surface area contributed by atoms with Crippen molar-refractivity contribution >= 4 is 0 Å². The molecular formula is C17H21NO. The van der Waals surface area contributed by atoms with Crippen LogP contribution < -0.4 is 10.5 Å². The minimum Gasteiger partial charge on any atom is -0.489 e. The van der Waals surface area contributed by atoms with Gasteiger partial charge in [-0.05, 0) is 23.1 Å². The van der Waals surface area contributed by atoms with E-state index < -0.39 is 0 Å². The Balaban J connectivity index is 2.02. The van der Waals surface area contributed by atoms with Crippen molar-refractivity contribution < 1.29 is 4.74 Å². The van der Waals surface area contributed by atoms with Crippen molar-refractivity contribution in [3.8, 4) is 5.75 Å². The zero-order valence-corrected chi connectivity index (χ0v) is 11.6. The lowest BCUT2D eigenvalue weighted by molar-refractivity contribution is 0.303. The largest absolute Gasteiger partial charge is 0.489 e. The number of hydrogen-bond acceptors (Lipinski definition) is 2. The second-order valence-corrected chi connectivity index (χ2v) is 5.00. The molecule has 0 unspecified atom stereocenters. The Labute approximate surface area is 115 Å². The predicted molar refractivity (Wildman–Crippen MR) is 79.2 cm³/mol. The second kappa shape index (κ2) is 6.39. The first-order valence-electron chi connectivity index (χ1n) is 6.70. The lowest BCUT2D eigenvalue weighted by Gasteiger charge is -2.11. The first-order valence-corrected chi connectivity index (χ1v) is 6.70. The number of ether oxygens (including phenoxy) is 1. The lowest BCUT2D eigenvalue weighted by Crippen LogP contribution is -2.02. The van der Waals surface area contributed by atoms with E-state index in [0.717, 1.165) is 11.3 Å². The predicted octanol–water partition coefficient (Wildman–Crippen LogP) is 3.85. The molecule has 0 atom stereocenters. The fraction of sp³-hybridized carbons (Fsp3) is 0.294. The summed E-state index contributed by atoms with van der Waals surface area (Å²) in [6.07, 6.45) is 0. The van der Waals surface area contributed by atoms with Gasteiger partial charge in [0.25, 0.3) is 0 Å². The maximum atomic E-state index is 5.83. The summed E-state index contributed by atoms with van der Waals surface area (Å²) in [4.78, 5) is 0. The van der Waals surface area contributed by atoms with E-state index >= 15 is 0 Å². The number of benzene rings is 2. The first-order chi connectivity index (χ1) is 9.20. The Morgan fingerprint density at radius 3 is 2.32 bits per heavy atom. The van der Waals surface area contributed by atoms with Gasteiger partial charge in [0.1, 0.15) is 12.4 Å². The van der Waals surface area contributed by atoms with Crippen molar-refractivity contribution in [1.82, 2.24) is 0 Å². The summed E-state index contributed by atoms with van der Waals surface area (Å²) in [5.74, 6) is 1.44. The van der Waals surface area contributed by atoms with Gasteiger partial charge in [-0.1, -0.05) is 56.3 Å². The van der Waals surface area contributed by atoms with Gasteiger partial charge < -0.3 is 10.5 Å². The molecule has 0 heterocycles. The molecule has 0 aliphatic rings. The SMILES string of the molecule is CC(C)c1ccc(COc2ccccc2CN)cc1. The van der Waals surface area contributed by atoms with E-state index in [1.54, 1.807) is 0 Å². The smallest absolute Gasteiger partial charge is 0.124 e. The number of rotatable bonds is 5. The molecular weight excluding hydrogens is 234 g/mol. The van der Waals surface area contributed by atoms with Gasteiger partial charge in [-0.15, -0.1) is 0 Å². The summed E-state index contributed by atoms with van der Waals surface area (Å²) in [5, 5.41) is 0. The number of nitrogens with two attached hydrogens (primary N) is 1. The molecule has 0 amide bonds. The molecule has 0 bridgehead atoms. The third kappa shape index (κ3) is 3.58. The third-order valence-electron chi connectivity index (χ3n) is 3.23. The van der Waals surface area contributed by atoms with Crippen LogP contribution >= 0.6 is 0 Å². The summed E-state index contributed by atoms with van der Waals surface area (Å²) < 4.78 is 5.83. The van der Waals surface area contributed by atoms with E-state index in [0.29, 0.717) is 19.1 Å². The quantitative estimate of drug-likeness (QED) is 0.880. The van der Waals surface area contributed by atoms with Crippen LogP contribution in [0.25, 0.3) is 0 Å². The summed E-state index contributed by atoms with van der Waals surface area (Å²) >= 11 is 0. The average molecular weight is 255 g/mol. The number of hydrogen-bond donors (Lipinski definition) is 1. The molecule has 2 N–H and O–H groups in total. The number of para-hydroxylation sites is 1. The van der Waals surface area contributed by atoms with E-state index in [-0.39, 0.29) is 0 Å². The zero-order chi connectivity index (χ0) is 13.7. The Hall–Kier alpha value is -1.80. The summed E-state index contributed by atoms with van der Waals surface area (Å²) in [5.41, 5.74) is 9.27. The monoisotopic (exact) mass is 255 g/mol. The first kappa shape index (κ1) is 13.6. The maximum Gasteiger partial charge on any atom is 0.124 e. The highest BCUT2D eigenvalue weighted by molar-refractivity contribution is 5.33. The highest BCUT2D eigenvalue weighted by Crippen LogP contribution is 2.20. The molecule has 0 fully saturated rings. The molecule has 2 nitrogen and oxygen atoms in total. The summed E-state index contributed by atoms with van der Waals surface area (Å²) in [6.45, 7) is 5.48. The molecule has 0 saturated heterocycles. The van der Waals surface area contributed by atoms with Gasteiger partial charge >= 0.3 is 0 Å². The molecule has 0 saturated carbocycles. The third-order valence-corrected chi connectivity index (χ3v) is 3.23. The maximum absolute atomic E-state index is 5.83. The van der Waals surface area contributed by atoms with Crippen LogP contribution in [-0.2, 0) is 13.2 Å². The van der Waals surface area contributed by atoms with Gasteiger partial charge in [0.2, 0.25) is 0 Å². The molecule has 0 aliphatic heterocycles. The van der Waals surface area contributed by atoms with Crippen molar-refractivity contribution in [2.75, 3.05) is 0 Å². The van der Waals surface area contributed by atoms with Gasteiger partial charge in [-0.25, -0.2) is 0 Å². The van der Waals surface area contributed by atoms with E-state index in [4.69, 9.17) is 10.5 Å². The minimum absolute atomic E-state index is 0.502. The molecule has 2 aromatic rings. The van der Waals surface area contributed by atoms with Crippen LogP contribution in [0.15, 0.2) is 48.5 Å². The zero-order valence-electron chi connectivity index (χ0n) is 11.6. The van der Waals surface area contributed by atoms with E-state index in [1.807, 2.05) is 24.3 Å². The topological polar surface area (TPSA) is 35.2 Å². The van der Waals surface area contributed by atoms with Gasteiger partial charge in [-0.3, -0.25) is 0 Å². The fourth-order valence-corrected chi connectivity index (χ4v) is 1.97. The van der Waals surface area contributed by atoms with Crippen LogP contribution in [0.2, 0.25) is 0 Å². The molecule has 2 aromatic carbocycles. The van der Waals surface area contributed by atoms with Crippen LogP contribution in [0.1, 0.15) is 36.5 Å². The standard InChI is InChI=1S/C17H21NO/c1-13(2)15-9-7-14(8-10-15)12-19-17-6-4-3-5-16(17)11-18/h3-10,13H,11-12,18H2,1-2H3. The van der Waals surface area contributed by atoms with Crippen LogP contribution in [0.5, 0.6) is 5.75 Å². The molecule has 0 aromatic heterocycles. The van der Waals surface area contributed by atoms with Crippen molar-refractivity contribution in [2.45, 2.75) is 32.9 Å². The Morgan fingerprint density at radius 2 is 1.68 bits per heavy atom. The summed E-state index contributed by atoms with van der Waals surface area (Å²) in [6, 6.07) is 16.5. The minimum atomic E-state index is 0.502. The highest BCUT2D eigenvalue weighted by atomic mass is 16.5. The van der Waals surface area contributed by atoms with Gasteiger partial charge in [0.15, 0.2) is 0 Å². The Bertz CT molecular complexity index is 517. The van der Waals surface area contributed by atoms with Gasteiger partial charge in [0.05, 0.1) is 0 Å². The fourth-order valence-electron chi connectivity index (χ4n) is 1.97. The Morgan fingerprint density at radius 1 is 1.00 bits per heavy atom. The average Bonchev–Trinajstić information content (AvgIpc) is 2.45. The molecule has 0 radical (unpaired) electrons. The van der Waals surface area contributed by atoms with Gasteiger partial charge in [-0.2, -0.15) is 0 Å². The Kier molecular flexibility index (Phi) is 4.58. The molecule has 0 spiro atoms. The second-order valence-electron chi connectivity index (χ2n) is 5.00. The van der Waals surface area contributed by atoms with Crippen LogP contribution in [-0.4, -0.2) is 0 Å². The van der Waals surface area contributed by atoms with E-state index in [9.17, 15) is 0 Å². The van der Waals surface area contributed by atoms with Crippen molar-refractivity contribution in [3.63, 3.8) is 0 Å². The molecule has 2 heteroatoms. The summed E-state index contributed by atoms with van der Waals surface area (Å²) in [7, 11) is 0. The molecule has 2 rings (SSSR count). The lowest BCUT2D eigenvalue weighted by atomic mass is 10.0. The van der Waals surface area contributed by atoms with E-state index in [2.05, 4.69) is 38.1 Å². The normalized spacial score (nSPS) is 10.7. The van der Waals surface area contributed by atoms with Crippen LogP contribution in [0.3, 0.4) is 0 Å². The molecule has 0 aliphatic carbocycles.